The molecule has 0 aliphatic heterocycles. The van der Waals surface area contributed by atoms with E-state index in [0.29, 0.717) is 11.0 Å². The number of hydrazone groups is 1. The van der Waals surface area contributed by atoms with E-state index < -0.39 is 0 Å². The van der Waals surface area contributed by atoms with Crippen molar-refractivity contribution in [2.45, 2.75) is 20.8 Å². The van der Waals surface area contributed by atoms with Crippen LogP contribution in [0.2, 0.25) is 0 Å². The maximum Gasteiger partial charge on any atom is 0.186 e. The molecule has 2 N–H and O–H groups in total. The molecule has 0 fully saturated rings. The normalized spacial score (nSPS) is 11.9. The zero-order chi connectivity index (χ0) is 14.1. The maximum absolute atomic E-state index is 5.12. The summed E-state index contributed by atoms with van der Waals surface area (Å²) in [5.41, 5.74) is 4.85. The molecule has 0 radical (unpaired) electrons. The maximum atomic E-state index is 5.12. The molecule has 102 valence electrons. The molecule has 0 bridgehead atoms. The van der Waals surface area contributed by atoms with Crippen molar-refractivity contribution in [3.8, 4) is 0 Å². The Labute approximate surface area is 120 Å². The lowest BCUT2D eigenvalue weighted by Gasteiger charge is -2.09. The average molecular weight is 275 g/mol. The Hall–Kier alpha value is -1.68. The minimum atomic E-state index is 0.557. The van der Waals surface area contributed by atoms with Gasteiger partial charge in [-0.2, -0.15) is 5.10 Å². The second kappa shape index (κ2) is 8.43. The highest BCUT2D eigenvalue weighted by Gasteiger charge is 1.95. The lowest BCUT2D eigenvalue weighted by atomic mass is 10.2. The highest BCUT2D eigenvalue weighted by Crippen LogP contribution is 2.00. The Morgan fingerprint density at radius 3 is 2.63 bits per heavy atom. The van der Waals surface area contributed by atoms with Gasteiger partial charge in [-0.3, -0.25) is 5.43 Å². The van der Waals surface area contributed by atoms with Crippen LogP contribution in [0.4, 0.5) is 0 Å². The van der Waals surface area contributed by atoms with Crippen LogP contribution >= 0.6 is 12.2 Å². The minimum absolute atomic E-state index is 0.557. The van der Waals surface area contributed by atoms with Gasteiger partial charge in [-0.1, -0.05) is 50.3 Å². The molecule has 0 saturated carbocycles. The van der Waals surface area contributed by atoms with E-state index in [-0.39, 0.29) is 0 Å². The van der Waals surface area contributed by atoms with Gasteiger partial charge in [0.25, 0.3) is 0 Å². The lowest BCUT2D eigenvalue weighted by molar-refractivity contribution is 0.621. The van der Waals surface area contributed by atoms with Crippen molar-refractivity contribution in [1.29, 1.82) is 0 Å². The smallest absolute Gasteiger partial charge is 0.186 e. The summed E-state index contributed by atoms with van der Waals surface area (Å²) < 4.78 is 0. The molecular weight excluding hydrogens is 254 g/mol. The molecule has 0 aliphatic rings. The zero-order valence-corrected chi connectivity index (χ0v) is 12.5. The van der Waals surface area contributed by atoms with Crippen LogP contribution in [0.25, 0.3) is 6.08 Å². The van der Waals surface area contributed by atoms with Gasteiger partial charge in [0.1, 0.15) is 0 Å². The summed E-state index contributed by atoms with van der Waals surface area (Å²) in [5.74, 6) is 0.558. The van der Waals surface area contributed by atoms with Crippen molar-refractivity contribution >= 4 is 29.1 Å². The Morgan fingerprint density at radius 2 is 2.00 bits per heavy atom. The van der Waals surface area contributed by atoms with E-state index in [4.69, 9.17) is 12.2 Å². The number of hydrogen-bond acceptors (Lipinski definition) is 2. The van der Waals surface area contributed by atoms with Crippen molar-refractivity contribution in [1.82, 2.24) is 10.7 Å². The van der Waals surface area contributed by atoms with E-state index in [0.717, 1.165) is 17.8 Å². The van der Waals surface area contributed by atoms with E-state index >= 15 is 0 Å². The van der Waals surface area contributed by atoms with Gasteiger partial charge in [0.15, 0.2) is 5.11 Å². The van der Waals surface area contributed by atoms with E-state index in [9.17, 15) is 0 Å². The Kier molecular flexibility index (Phi) is 6.82. The van der Waals surface area contributed by atoms with E-state index in [2.05, 4.69) is 29.7 Å². The second-order valence-corrected chi connectivity index (χ2v) is 5.12. The number of benzene rings is 1. The topological polar surface area (TPSA) is 36.4 Å². The van der Waals surface area contributed by atoms with E-state index in [1.165, 1.54) is 0 Å². The number of nitrogens with one attached hydrogen (secondary N) is 2. The van der Waals surface area contributed by atoms with Crippen LogP contribution in [-0.4, -0.2) is 17.4 Å². The summed E-state index contributed by atoms with van der Waals surface area (Å²) in [5, 5.41) is 7.85. The van der Waals surface area contributed by atoms with Crippen LogP contribution in [0.3, 0.4) is 0 Å². The van der Waals surface area contributed by atoms with Crippen molar-refractivity contribution in [2.75, 3.05) is 6.54 Å². The predicted octanol–water partition coefficient (Wildman–Crippen LogP) is 3.20. The van der Waals surface area contributed by atoms with Crippen molar-refractivity contribution < 1.29 is 0 Å². The molecule has 0 saturated heterocycles. The second-order valence-electron chi connectivity index (χ2n) is 4.71. The largest absolute Gasteiger partial charge is 0.361 e. The minimum Gasteiger partial charge on any atom is -0.361 e. The molecule has 1 aromatic rings. The first kappa shape index (κ1) is 15.4. The molecule has 0 spiro atoms. The first-order valence-electron chi connectivity index (χ1n) is 6.39. The summed E-state index contributed by atoms with van der Waals surface area (Å²) in [7, 11) is 0. The molecule has 1 rings (SSSR count). The number of hydrogen-bond donors (Lipinski definition) is 2. The first-order chi connectivity index (χ1) is 9.08. The van der Waals surface area contributed by atoms with Gasteiger partial charge in [0, 0.05) is 6.54 Å². The highest BCUT2D eigenvalue weighted by atomic mass is 32.1. The standard InChI is InChI=1S/C15H21N3S/c1-12(2)11-16-15(19)18-17-13(3)9-10-14-7-5-4-6-8-14/h4-10,12H,11H2,1-3H3,(H2,16,18,19)/b10-9+,17-13+. The van der Waals surface area contributed by atoms with Crippen LogP contribution in [-0.2, 0) is 0 Å². The summed E-state index contributed by atoms with van der Waals surface area (Å²) in [4.78, 5) is 0. The quantitative estimate of drug-likeness (QED) is 0.492. The number of thiocarbonyl (C=S) groups is 1. The summed E-state index contributed by atoms with van der Waals surface area (Å²) in [6.07, 6.45) is 3.97. The Balaban J connectivity index is 2.41. The van der Waals surface area contributed by atoms with Crippen molar-refractivity contribution in [3.63, 3.8) is 0 Å². The SMILES string of the molecule is CC(/C=C/c1ccccc1)=N\NC(=S)NCC(C)C. The van der Waals surface area contributed by atoms with E-state index in [1.54, 1.807) is 0 Å². The van der Waals surface area contributed by atoms with Crippen LogP contribution in [0.1, 0.15) is 26.3 Å². The summed E-state index contributed by atoms with van der Waals surface area (Å²) in [6, 6.07) is 10.1. The van der Waals surface area contributed by atoms with Crippen molar-refractivity contribution in [3.05, 3.63) is 42.0 Å². The van der Waals surface area contributed by atoms with E-state index in [1.807, 2.05) is 49.4 Å². The van der Waals surface area contributed by atoms with Gasteiger partial charge in [-0.25, -0.2) is 0 Å². The van der Waals surface area contributed by atoms with Gasteiger partial charge in [0.05, 0.1) is 5.71 Å². The van der Waals surface area contributed by atoms with Gasteiger partial charge in [-0.15, -0.1) is 0 Å². The first-order valence-corrected chi connectivity index (χ1v) is 6.80. The molecule has 0 unspecified atom stereocenters. The number of rotatable bonds is 5. The highest BCUT2D eigenvalue weighted by molar-refractivity contribution is 7.80. The van der Waals surface area contributed by atoms with Crippen LogP contribution in [0.5, 0.6) is 0 Å². The van der Waals surface area contributed by atoms with Gasteiger partial charge >= 0.3 is 0 Å². The van der Waals surface area contributed by atoms with Gasteiger partial charge < -0.3 is 5.32 Å². The predicted molar refractivity (Wildman–Crippen MR) is 87.2 cm³/mol. The average Bonchev–Trinajstić information content (AvgIpc) is 2.41. The molecule has 4 heteroatoms. The van der Waals surface area contributed by atoms with Gasteiger partial charge in [-0.05, 0) is 36.7 Å². The number of nitrogens with zero attached hydrogens (tertiary/aromatic N) is 1. The third-order valence-electron chi connectivity index (χ3n) is 2.32. The third kappa shape index (κ3) is 7.36. The molecule has 0 atom stereocenters. The fourth-order valence-corrected chi connectivity index (χ4v) is 1.42. The third-order valence-corrected chi connectivity index (χ3v) is 2.56. The Bertz CT molecular complexity index is 450. The zero-order valence-electron chi connectivity index (χ0n) is 11.7. The molecule has 1 aromatic carbocycles. The van der Waals surface area contributed by atoms with Crippen LogP contribution in [0, 0.1) is 5.92 Å². The molecule has 0 amide bonds. The fraction of sp³-hybridized carbons (Fsp3) is 0.333. The molecule has 0 heterocycles. The number of allylic oxidation sites excluding steroid dienone is 1. The summed E-state index contributed by atoms with van der Waals surface area (Å²) in [6.45, 7) is 7.04. The van der Waals surface area contributed by atoms with Crippen LogP contribution < -0.4 is 10.7 Å². The van der Waals surface area contributed by atoms with Crippen molar-refractivity contribution in [2.24, 2.45) is 11.0 Å². The molecular formula is C15H21N3S. The molecule has 3 nitrogen and oxygen atoms in total. The van der Waals surface area contributed by atoms with Gasteiger partial charge in [0.2, 0.25) is 0 Å². The molecule has 0 aromatic heterocycles. The monoisotopic (exact) mass is 275 g/mol. The van der Waals surface area contributed by atoms with Crippen LogP contribution in [0.15, 0.2) is 41.5 Å². The molecule has 0 aliphatic carbocycles. The Morgan fingerprint density at radius 1 is 1.32 bits per heavy atom. The lowest BCUT2D eigenvalue weighted by Crippen LogP contribution is -2.34. The summed E-state index contributed by atoms with van der Waals surface area (Å²) >= 11 is 5.12. The fourth-order valence-electron chi connectivity index (χ4n) is 1.29. The molecule has 19 heavy (non-hydrogen) atoms.